The Balaban J connectivity index is 2.08. The molecule has 1 heterocycles. The fourth-order valence-electron chi connectivity index (χ4n) is 4.10. The Hall–Kier alpha value is -2.66. The van der Waals surface area contributed by atoms with E-state index in [0.717, 1.165) is 9.80 Å². The first kappa shape index (κ1) is 26.9. The van der Waals surface area contributed by atoms with Gasteiger partial charge >= 0.3 is 6.03 Å². The number of carbonyl (C=O) groups excluding carboxylic acids is 1. The predicted octanol–water partition coefficient (Wildman–Crippen LogP) is 4.18. The quantitative estimate of drug-likeness (QED) is 0.587. The van der Waals surface area contributed by atoms with Crippen LogP contribution < -0.4 is 4.72 Å². The van der Waals surface area contributed by atoms with Gasteiger partial charge in [0.2, 0.25) is 10.0 Å². The van der Waals surface area contributed by atoms with E-state index in [0.29, 0.717) is 5.56 Å². The largest absolute Gasteiger partial charge is 0.331 e. The van der Waals surface area contributed by atoms with Gasteiger partial charge in [0.15, 0.2) is 0 Å². The fourth-order valence-corrected chi connectivity index (χ4v) is 5.06. The Morgan fingerprint density at radius 3 is 2.26 bits per heavy atom. The lowest BCUT2D eigenvalue weighted by atomic mass is 9.94. The van der Waals surface area contributed by atoms with E-state index in [1.165, 1.54) is 65.2 Å². The van der Waals surface area contributed by atoms with Gasteiger partial charge in [-0.3, -0.25) is 0 Å². The van der Waals surface area contributed by atoms with Gasteiger partial charge in [0, 0.05) is 25.2 Å². The molecule has 192 valence electrons. The highest BCUT2D eigenvalue weighted by molar-refractivity contribution is 7.90. The first-order valence-corrected chi connectivity index (χ1v) is 12.6. The molecule has 0 spiro atoms. The molecule has 2 atom stereocenters. The summed E-state index contributed by atoms with van der Waals surface area (Å²) in [7, 11) is -1.38. The normalized spacial score (nSPS) is 19.9. The second-order valence-corrected chi connectivity index (χ2v) is 11.5. The second-order valence-electron chi connectivity index (χ2n) is 9.24. The van der Waals surface area contributed by atoms with Crippen molar-refractivity contribution in [1.29, 1.82) is 0 Å². The molecular formula is C24H29F4N3O3S. The van der Waals surface area contributed by atoms with E-state index >= 15 is 13.2 Å². The average molecular weight is 516 g/mol. The fraction of sp³-hybridized carbons (Fsp3) is 0.458. The Labute approximate surface area is 203 Å². The molecule has 1 aliphatic heterocycles. The van der Waals surface area contributed by atoms with Gasteiger partial charge in [-0.05, 0) is 38.3 Å². The molecule has 2 aromatic rings. The third kappa shape index (κ3) is 5.30. The first-order valence-electron chi connectivity index (χ1n) is 11.1. The number of nitrogens with one attached hydrogen (secondary N) is 1. The van der Waals surface area contributed by atoms with E-state index < -0.39 is 63.9 Å². The monoisotopic (exact) mass is 515 g/mol. The Bertz CT molecular complexity index is 1220. The SMILES string of the molecule is Cc1cccc(-c2cccc(C[C@H]3[C@@H](NS(=O)(=O)C(C)C)C(F)(F)CN3C(=O)N(C)C)c2F)c1F. The molecule has 11 heteroatoms. The van der Waals surface area contributed by atoms with Crippen LogP contribution in [0.25, 0.3) is 11.1 Å². The van der Waals surface area contributed by atoms with Crippen molar-refractivity contribution in [2.75, 3.05) is 20.6 Å². The molecule has 1 N–H and O–H groups in total. The number of carbonyl (C=O) groups is 1. The summed E-state index contributed by atoms with van der Waals surface area (Å²) in [5, 5.41) is -0.998. The van der Waals surface area contributed by atoms with E-state index in [1.54, 1.807) is 6.07 Å². The summed E-state index contributed by atoms with van der Waals surface area (Å²) >= 11 is 0. The van der Waals surface area contributed by atoms with Crippen LogP contribution in [0.5, 0.6) is 0 Å². The van der Waals surface area contributed by atoms with Crippen molar-refractivity contribution in [3.8, 4) is 11.1 Å². The van der Waals surface area contributed by atoms with Crippen molar-refractivity contribution in [1.82, 2.24) is 14.5 Å². The third-order valence-electron chi connectivity index (χ3n) is 6.15. The van der Waals surface area contributed by atoms with Crippen LogP contribution >= 0.6 is 0 Å². The standard InChI is InChI=1S/C24H29F4N3O3S/c1-14(2)35(33,34)29-22-19(31(13-24(22,27)28)23(32)30(4)5)12-16-9-7-11-18(21(16)26)17-10-6-8-15(3)20(17)25/h6-11,14,19,22,29H,12-13H2,1-5H3/t19-,22+/m0/s1. The van der Waals surface area contributed by atoms with E-state index in [9.17, 15) is 17.6 Å². The lowest BCUT2D eigenvalue weighted by molar-refractivity contribution is -0.00503. The van der Waals surface area contributed by atoms with Gasteiger partial charge in [0.1, 0.15) is 17.7 Å². The summed E-state index contributed by atoms with van der Waals surface area (Å²) in [6.45, 7) is 3.19. The number of hydrogen-bond acceptors (Lipinski definition) is 3. The van der Waals surface area contributed by atoms with Crippen molar-refractivity contribution in [3.05, 3.63) is 59.2 Å². The maximum atomic E-state index is 15.6. The van der Waals surface area contributed by atoms with Crippen LogP contribution in [0.1, 0.15) is 25.0 Å². The number of amides is 2. The molecule has 1 saturated heterocycles. The van der Waals surface area contributed by atoms with Crippen molar-refractivity contribution in [2.45, 2.75) is 50.4 Å². The number of sulfonamides is 1. The number of hydrogen-bond donors (Lipinski definition) is 1. The van der Waals surface area contributed by atoms with Crippen molar-refractivity contribution in [2.24, 2.45) is 0 Å². The summed E-state index contributed by atoms with van der Waals surface area (Å²) in [5.41, 5.74) is 0.225. The summed E-state index contributed by atoms with van der Waals surface area (Å²) < 4.78 is 87.5. The summed E-state index contributed by atoms with van der Waals surface area (Å²) in [6.07, 6.45) is -0.409. The van der Waals surface area contributed by atoms with Gasteiger partial charge in [0.25, 0.3) is 5.92 Å². The number of aryl methyl sites for hydroxylation is 1. The summed E-state index contributed by atoms with van der Waals surface area (Å²) in [4.78, 5) is 14.7. The Kier molecular flexibility index (Phi) is 7.52. The first-order chi connectivity index (χ1) is 16.2. The molecule has 0 radical (unpaired) electrons. The Morgan fingerprint density at radius 1 is 1.11 bits per heavy atom. The minimum absolute atomic E-state index is 0.0133. The van der Waals surface area contributed by atoms with E-state index in [-0.39, 0.29) is 16.7 Å². The molecule has 3 rings (SSSR count). The van der Waals surface area contributed by atoms with Crippen LogP contribution in [0.15, 0.2) is 36.4 Å². The van der Waals surface area contributed by atoms with Crippen LogP contribution in [-0.2, 0) is 16.4 Å². The zero-order chi connectivity index (χ0) is 26.3. The number of halogens is 4. The smallest absolute Gasteiger partial charge is 0.320 e. The molecule has 0 unspecified atom stereocenters. The number of alkyl halides is 2. The van der Waals surface area contributed by atoms with Crippen LogP contribution in [-0.4, -0.2) is 68.1 Å². The average Bonchev–Trinajstić information content (AvgIpc) is 3.00. The van der Waals surface area contributed by atoms with Gasteiger partial charge in [-0.1, -0.05) is 36.4 Å². The third-order valence-corrected chi connectivity index (χ3v) is 7.97. The zero-order valence-electron chi connectivity index (χ0n) is 20.1. The molecule has 1 aliphatic rings. The van der Waals surface area contributed by atoms with Gasteiger partial charge < -0.3 is 9.80 Å². The van der Waals surface area contributed by atoms with Crippen LogP contribution in [0.3, 0.4) is 0 Å². The van der Waals surface area contributed by atoms with Gasteiger partial charge in [-0.2, -0.15) is 0 Å². The minimum Gasteiger partial charge on any atom is -0.331 e. The predicted molar refractivity (Wildman–Crippen MR) is 126 cm³/mol. The molecular weight excluding hydrogens is 486 g/mol. The van der Waals surface area contributed by atoms with Crippen LogP contribution in [0.2, 0.25) is 0 Å². The number of likely N-dealkylation sites (tertiary alicyclic amines) is 1. The van der Waals surface area contributed by atoms with Gasteiger partial charge in [-0.15, -0.1) is 0 Å². The highest BCUT2D eigenvalue weighted by atomic mass is 32.2. The summed E-state index contributed by atoms with van der Waals surface area (Å²) in [5.74, 6) is -5.03. The van der Waals surface area contributed by atoms with E-state index in [1.807, 2.05) is 4.72 Å². The van der Waals surface area contributed by atoms with Gasteiger partial charge in [0.05, 0.1) is 17.8 Å². The van der Waals surface area contributed by atoms with Crippen molar-refractivity contribution in [3.63, 3.8) is 0 Å². The number of nitrogens with zero attached hydrogens (tertiary/aromatic N) is 2. The lowest BCUT2D eigenvalue weighted by Gasteiger charge is -2.30. The topological polar surface area (TPSA) is 69.7 Å². The van der Waals surface area contributed by atoms with E-state index in [4.69, 9.17) is 0 Å². The van der Waals surface area contributed by atoms with Gasteiger partial charge in [-0.25, -0.2) is 35.5 Å². The molecule has 1 fully saturated rings. The molecule has 0 aromatic heterocycles. The van der Waals surface area contributed by atoms with Crippen molar-refractivity contribution < 1.29 is 30.8 Å². The Morgan fingerprint density at radius 2 is 1.69 bits per heavy atom. The zero-order valence-corrected chi connectivity index (χ0v) is 21.0. The molecule has 0 saturated carbocycles. The molecule has 0 aliphatic carbocycles. The highest BCUT2D eigenvalue weighted by Gasteiger charge is 2.57. The molecule has 6 nitrogen and oxygen atoms in total. The molecule has 2 aromatic carbocycles. The number of benzene rings is 2. The van der Waals surface area contributed by atoms with E-state index in [2.05, 4.69) is 0 Å². The number of urea groups is 1. The van der Waals surface area contributed by atoms with Crippen LogP contribution in [0.4, 0.5) is 22.4 Å². The maximum Gasteiger partial charge on any atom is 0.320 e. The minimum atomic E-state index is -4.14. The van der Waals surface area contributed by atoms with Crippen molar-refractivity contribution >= 4 is 16.1 Å². The summed E-state index contributed by atoms with van der Waals surface area (Å²) in [6, 6.07) is 4.60. The highest BCUT2D eigenvalue weighted by Crippen LogP contribution is 2.37. The second kappa shape index (κ2) is 9.77. The molecule has 2 amide bonds. The number of rotatable bonds is 6. The lowest BCUT2D eigenvalue weighted by Crippen LogP contribution is -2.54. The molecule has 0 bridgehead atoms. The maximum absolute atomic E-state index is 15.6. The molecule has 35 heavy (non-hydrogen) atoms. The van der Waals surface area contributed by atoms with Crippen LogP contribution in [0, 0.1) is 18.6 Å².